The number of amides is 1. The van der Waals surface area contributed by atoms with Crippen molar-refractivity contribution in [2.75, 3.05) is 50.9 Å². The number of piperazine rings is 1. The molecule has 0 aliphatic carbocycles. The molecule has 0 atom stereocenters. The molecule has 2 aliphatic heterocycles. The van der Waals surface area contributed by atoms with Gasteiger partial charge >= 0.3 is 0 Å². The van der Waals surface area contributed by atoms with Gasteiger partial charge in [-0.25, -0.2) is 0 Å². The van der Waals surface area contributed by atoms with Gasteiger partial charge in [-0.1, -0.05) is 42.5 Å². The van der Waals surface area contributed by atoms with E-state index in [1.165, 1.54) is 0 Å². The fourth-order valence-corrected chi connectivity index (χ4v) is 3.79. The van der Waals surface area contributed by atoms with E-state index in [1.54, 1.807) is 6.08 Å². The maximum absolute atomic E-state index is 13.1. The van der Waals surface area contributed by atoms with E-state index < -0.39 is 0 Å². The highest BCUT2D eigenvalue weighted by Crippen LogP contribution is 2.35. The second-order valence-corrected chi connectivity index (χ2v) is 7.40. The lowest BCUT2D eigenvalue weighted by molar-refractivity contribution is -0.117. The lowest BCUT2D eigenvalue weighted by Gasteiger charge is -2.34. The summed E-state index contributed by atoms with van der Waals surface area (Å²) in [5.74, 6) is 0.968. The quantitative estimate of drug-likeness (QED) is 0.715. The van der Waals surface area contributed by atoms with E-state index in [-0.39, 0.29) is 25.0 Å². The summed E-state index contributed by atoms with van der Waals surface area (Å²) in [6, 6.07) is 17.5. The molecule has 0 radical (unpaired) electrons. The molecule has 2 aromatic rings. The average Bonchev–Trinajstić information content (AvgIpc) is 2.77. The van der Waals surface area contributed by atoms with Crippen molar-refractivity contribution in [2.24, 2.45) is 0 Å². The maximum atomic E-state index is 13.1. The fourth-order valence-electron chi connectivity index (χ4n) is 3.79. The zero-order valence-corrected chi connectivity index (χ0v) is 17.8. The second-order valence-electron chi connectivity index (χ2n) is 7.40. The largest absolute Gasteiger partial charge is 0.449 e. The normalized spacial score (nSPS) is 18.6. The zero-order chi connectivity index (χ0) is 20.1. The second kappa shape index (κ2) is 10.6. The molecule has 1 saturated heterocycles. The van der Waals surface area contributed by atoms with Gasteiger partial charge in [0.2, 0.25) is 0 Å². The highest BCUT2D eigenvalue weighted by Gasteiger charge is 2.30. The monoisotopic (exact) mass is 429 g/mol. The van der Waals surface area contributed by atoms with Crippen LogP contribution < -0.4 is 9.64 Å². The number of fused-ring (bicyclic) bond motifs is 1. The van der Waals surface area contributed by atoms with Crippen molar-refractivity contribution in [1.82, 2.24) is 9.80 Å². The summed E-state index contributed by atoms with van der Waals surface area (Å²) in [4.78, 5) is 19.4. The first kappa shape index (κ1) is 22.3. The Labute approximate surface area is 183 Å². The number of ether oxygens (including phenoxy) is 1. The van der Waals surface area contributed by atoms with E-state index in [1.807, 2.05) is 64.4 Å². The molecule has 2 aromatic carbocycles. The van der Waals surface area contributed by atoms with Gasteiger partial charge in [-0.05, 0) is 36.7 Å². The summed E-state index contributed by atoms with van der Waals surface area (Å²) in [6.45, 7) is 5.39. The molecule has 2 heterocycles. The first-order valence-corrected chi connectivity index (χ1v) is 10.2. The van der Waals surface area contributed by atoms with Gasteiger partial charge in [-0.15, -0.1) is 12.4 Å². The van der Waals surface area contributed by atoms with Crippen LogP contribution in [-0.2, 0) is 4.79 Å². The number of nitrogens with zero attached hydrogens (tertiary/aromatic N) is 3. The summed E-state index contributed by atoms with van der Waals surface area (Å²) < 4.78 is 5.93. The molecule has 0 saturated carbocycles. The molecule has 1 N–H and O–H groups in total. The number of carbonyl (C=O) groups excluding carboxylic acids is 1. The Balaban J connectivity index is 0.00000256. The van der Waals surface area contributed by atoms with Gasteiger partial charge in [0.25, 0.3) is 5.91 Å². The van der Waals surface area contributed by atoms with Crippen molar-refractivity contribution < 1.29 is 14.6 Å². The van der Waals surface area contributed by atoms with Crippen LogP contribution in [0.4, 0.5) is 5.69 Å². The smallest absolute Gasteiger partial charge is 0.294 e. The topological polar surface area (TPSA) is 56.2 Å². The Kier molecular flexibility index (Phi) is 7.87. The van der Waals surface area contributed by atoms with E-state index in [0.29, 0.717) is 18.1 Å². The summed E-state index contributed by atoms with van der Waals surface area (Å²) in [6.07, 6.45) is 2.69. The first-order chi connectivity index (χ1) is 14.2. The van der Waals surface area contributed by atoms with Crippen molar-refractivity contribution in [1.29, 1.82) is 0 Å². The molecule has 30 heavy (non-hydrogen) atoms. The minimum Gasteiger partial charge on any atom is -0.449 e. The Hall–Kier alpha value is -2.38. The van der Waals surface area contributed by atoms with Crippen LogP contribution in [0.1, 0.15) is 12.0 Å². The van der Waals surface area contributed by atoms with Gasteiger partial charge in [0.1, 0.15) is 0 Å². The molecular formula is C23H28ClN3O3. The highest BCUT2D eigenvalue weighted by atomic mass is 35.5. The van der Waals surface area contributed by atoms with Crippen LogP contribution in [0.2, 0.25) is 0 Å². The molecule has 6 nitrogen and oxygen atoms in total. The fraction of sp³-hybridized carbons (Fsp3) is 0.348. The predicted molar refractivity (Wildman–Crippen MR) is 121 cm³/mol. The van der Waals surface area contributed by atoms with Crippen molar-refractivity contribution in [3.63, 3.8) is 0 Å². The first-order valence-electron chi connectivity index (χ1n) is 10.2. The molecule has 2 aliphatic rings. The van der Waals surface area contributed by atoms with Crippen LogP contribution in [0, 0.1) is 0 Å². The Morgan fingerprint density at radius 1 is 0.900 bits per heavy atom. The van der Waals surface area contributed by atoms with E-state index >= 15 is 0 Å². The van der Waals surface area contributed by atoms with Gasteiger partial charge in [-0.3, -0.25) is 9.69 Å². The van der Waals surface area contributed by atoms with Crippen molar-refractivity contribution >= 4 is 30.1 Å². The third-order valence-electron chi connectivity index (χ3n) is 5.45. The standard InChI is InChI=1S/C23H27N3O3.ClH/c27-18-25-15-13-24(14-16-25)11-6-12-26-20-9-4-5-10-21(20)29-22(23(26)28)17-19-7-2-1-3-8-19;/h1-5,7-10,17,27H,6,11-16,18H2;1H/b22-17-;. The number of aliphatic hydroxyl groups is 1. The number of hydrogen-bond donors (Lipinski definition) is 1. The van der Waals surface area contributed by atoms with Crippen LogP contribution in [-0.4, -0.2) is 66.8 Å². The number of hydrogen-bond acceptors (Lipinski definition) is 5. The van der Waals surface area contributed by atoms with Gasteiger partial charge < -0.3 is 19.6 Å². The SMILES string of the molecule is Cl.O=C1/C(=C/c2ccccc2)Oc2ccccc2N1CCCN1CCN(CO)CC1. The molecule has 0 unspecified atom stereocenters. The summed E-state index contributed by atoms with van der Waals surface area (Å²) >= 11 is 0. The van der Waals surface area contributed by atoms with Crippen molar-refractivity contribution in [3.8, 4) is 5.75 Å². The van der Waals surface area contributed by atoms with Gasteiger partial charge in [0.05, 0.1) is 12.4 Å². The molecule has 7 heteroatoms. The molecule has 0 bridgehead atoms. The minimum absolute atomic E-state index is 0. The molecule has 4 rings (SSSR count). The number of halogens is 1. The Bertz CT molecular complexity index is 867. The predicted octanol–water partition coefficient (Wildman–Crippen LogP) is 2.83. The highest BCUT2D eigenvalue weighted by molar-refractivity contribution is 6.09. The van der Waals surface area contributed by atoms with Gasteiger partial charge in [0.15, 0.2) is 11.5 Å². The summed E-state index contributed by atoms with van der Waals surface area (Å²) in [5, 5.41) is 9.22. The van der Waals surface area contributed by atoms with Crippen molar-refractivity contribution in [2.45, 2.75) is 6.42 Å². The Morgan fingerprint density at radius 2 is 1.57 bits per heavy atom. The number of rotatable bonds is 6. The zero-order valence-electron chi connectivity index (χ0n) is 16.9. The molecule has 0 aromatic heterocycles. The van der Waals surface area contributed by atoms with Crippen LogP contribution in [0.3, 0.4) is 0 Å². The number of anilines is 1. The van der Waals surface area contributed by atoms with Crippen molar-refractivity contribution in [3.05, 3.63) is 65.9 Å². The minimum atomic E-state index is -0.0994. The number of carbonyl (C=O) groups is 1. The van der Waals surface area contributed by atoms with Crippen LogP contribution in [0.25, 0.3) is 6.08 Å². The third-order valence-corrected chi connectivity index (χ3v) is 5.45. The molecular weight excluding hydrogens is 402 g/mol. The average molecular weight is 430 g/mol. The third kappa shape index (κ3) is 5.21. The van der Waals surface area contributed by atoms with Gasteiger partial charge in [-0.2, -0.15) is 0 Å². The summed E-state index contributed by atoms with van der Waals surface area (Å²) in [7, 11) is 0. The lowest BCUT2D eigenvalue weighted by atomic mass is 10.1. The molecule has 1 fully saturated rings. The van der Waals surface area contributed by atoms with E-state index in [4.69, 9.17) is 4.74 Å². The molecule has 1 amide bonds. The Morgan fingerprint density at radius 3 is 2.30 bits per heavy atom. The number of aliphatic hydroxyl groups excluding tert-OH is 1. The van der Waals surface area contributed by atoms with E-state index in [0.717, 1.165) is 50.4 Å². The van der Waals surface area contributed by atoms with Gasteiger partial charge in [0, 0.05) is 32.7 Å². The molecule has 160 valence electrons. The molecule has 0 spiro atoms. The van der Waals surface area contributed by atoms with E-state index in [9.17, 15) is 9.90 Å². The maximum Gasteiger partial charge on any atom is 0.294 e. The number of para-hydroxylation sites is 2. The van der Waals surface area contributed by atoms with E-state index in [2.05, 4.69) is 4.90 Å². The van der Waals surface area contributed by atoms with Crippen LogP contribution in [0.15, 0.2) is 60.4 Å². The number of benzene rings is 2. The van der Waals surface area contributed by atoms with Crippen LogP contribution >= 0.6 is 12.4 Å². The lowest BCUT2D eigenvalue weighted by Crippen LogP contribution is -2.47. The van der Waals surface area contributed by atoms with Crippen LogP contribution in [0.5, 0.6) is 5.75 Å². The summed E-state index contributed by atoms with van der Waals surface area (Å²) in [5.41, 5.74) is 1.77.